The number of aromatic nitrogens is 1. The van der Waals surface area contributed by atoms with E-state index in [4.69, 9.17) is 9.47 Å². The molecule has 0 N–H and O–H groups in total. The predicted octanol–water partition coefficient (Wildman–Crippen LogP) is 1.46. The second kappa shape index (κ2) is 6.53. The monoisotopic (exact) mass is 323 g/mol. The maximum atomic E-state index is 6.29. The highest BCUT2D eigenvalue weighted by Crippen LogP contribution is 2.37. The van der Waals surface area contributed by atoms with Crippen LogP contribution in [0.1, 0.15) is 17.8 Å². The van der Waals surface area contributed by atoms with E-state index in [1.165, 1.54) is 24.4 Å². The number of hydrogen-bond acceptors (Lipinski definition) is 6. The van der Waals surface area contributed by atoms with Crippen LogP contribution in [0.3, 0.4) is 0 Å². The second-order valence-corrected chi connectivity index (χ2v) is 7.86. The fourth-order valence-electron chi connectivity index (χ4n) is 3.86. The SMILES string of the molecule is c1csc(CN2CC3(CC[C@H](CN4CCOCC4)CO3)C2)n1. The van der Waals surface area contributed by atoms with Crippen molar-refractivity contribution in [2.75, 3.05) is 52.5 Å². The zero-order valence-corrected chi connectivity index (χ0v) is 13.9. The fourth-order valence-corrected chi connectivity index (χ4v) is 4.52. The second-order valence-electron chi connectivity index (χ2n) is 6.88. The van der Waals surface area contributed by atoms with E-state index < -0.39 is 0 Å². The van der Waals surface area contributed by atoms with Gasteiger partial charge in [0.05, 0.1) is 32.0 Å². The lowest BCUT2D eigenvalue weighted by atomic mass is 9.83. The number of thiazole rings is 1. The van der Waals surface area contributed by atoms with Crippen LogP contribution in [0.4, 0.5) is 0 Å². The molecule has 4 rings (SSSR count). The Kier molecular flexibility index (Phi) is 4.46. The molecule has 1 aromatic rings. The van der Waals surface area contributed by atoms with Gasteiger partial charge in [-0.15, -0.1) is 11.3 Å². The molecule has 3 aliphatic rings. The van der Waals surface area contributed by atoms with Crippen LogP contribution in [-0.2, 0) is 16.0 Å². The first-order valence-electron chi connectivity index (χ1n) is 8.36. The largest absolute Gasteiger partial charge is 0.379 e. The summed E-state index contributed by atoms with van der Waals surface area (Å²) in [6, 6.07) is 0. The summed E-state index contributed by atoms with van der Waals surface area (Å²) in [5, 5.41) is 3.27. The summed E-state index contributed by atoms with van der Waals surface area (Å²) in [5.74, 6) is 0.705. The summed E-state index contributed by atoms with van der Waals surface area (Å²) in [6.07, 6.45) is 4.42. The van der Waals surface area contributed by atoms with Crippen LogP contribution in [0, 0.1) is 5.92 Å². The Morgan fingerprint density at radius 2 is 2.14 bits per heavy atom. The Morgan fingerprint density at radius 1 is 1.27 bits per heavy atom. The lowest BCUT2D eigenvalue weighted by molar-refractivity contribution is -0.184. The van der Waals surface area contributed by atoms with E-state index in [1.54, 1.807) is 11.3 Å². The highest BCUT2D eigenvalue weighted by Gasteiger charge is 2.46. The molecule has 22 heavy (non-hydrogen) atoms. The molecule has 0 saturated carbocycles. The van der Waals surface area contributed by atoms with Gasteiger partial charge < -0.3 is 9.47 Å². The molecule has 0 amide bonds. The van der Waals surface area contributed by atoms with Gasteiger partial charge in [-0.3, -0.25) is 9.80 Å². The molecule has 0 aliphatic carbocycles. The first-order chi connectivity index (χ1) is 10.8. The van der Waals surface area contributed by atoms with Crippen molar-refractivity contribution in [2.45, 2.75) is 25.0 Å². The minimum Gasteiger partial charge on any atom is -0.379 e. The van der Waals surface area contributed by atoms with Gasteiger partial charge in [-0.05, 0) is 18.8 Å². The number of hydrogen-bond donors (Lipinski definition) is 0. The lowest BCUT2D eigenvalue weighted by Gasteiger charge is -2.53. The van der Waals surface area contributed by atoms with Gasteiger partial charge in [0.25, 0.3) is 0 Å². The summed E-state index contributed by atoms with van der Waals surface area (Å²) in [7, 11) is 0. The van der Waals surface area contributed by atoms with Crippen molar-refractivity contribution in [3.8, 4) is 0 Å². The van der Waals surface area contributed by atoms with Crippen molar-refractivity contribution in [1.29, 1.82) is 0 Å². The normalized spacial score (nSPS) is 29.5. The third-order valence-corrected chi connectivity index (χ3v) is 5.88. The van der Waals surface area contributed by atoms with E-state index >= 15 is 0 Å². The first-order valence-corrected chi connectivity index (χ1v) is 9.24. The topological polar surface area (TPSA) is 37.8 Å². The van der Waals surface area contributed by atoms with Crippen molar-refractivity contribution in [2.24, 2.45) is 5.92 Å². The zero-order valence-electron chi connectivity index (χ0n) is 13.1. The van der Waals surface area contributed by atoms with Crippen LogP contribution in [0.25, 0.3) is 0 Å². The summed E-state index contributed by atoms with van der Waals surface area (Å²) in [6.45, 7) is 9.22. The fraction of sp³-hybridized carbons (Fsp3) is 0.812. The van der Waals surface area contributed by atoms with E-state index in [0.717, 1.165) is 52.5 Å². The average Bonchev–Trinajstić information content (AvgIpc) is 3.02. The Bertz CT molecular complexity index is 460. The smallest absolute Gasteiger partial charge is 0.107 e. The van der Waals surface area contributed by atoms with E-state index in [1.807, 2.05) is 6.20 Å². The Balaban J connectivity index is 1.20. The zero-order chi connectivity index (χ0) is 14.8. The molecule has 0 unspecified atom stereocenters. The van der Waals surface area contributed by atoms with Crippen LogP contribution >= 0.6 is 11.3 Å². The van der Waals surface area contributed by atoms with Crippen molar-refractivity contribution in [3.05, 3.63) is 16.6 Å². The molecule has 1 atom stereocenters. The van der Waals surface area contributed by atoms with Crippen molar-refractivity contribution >= 4 is 11.3 Å². The minimum atomic E-state index is 0.152. The predicted molar refractivity (Wildman–Crippen MR) is 86.1 cm³/mol. The highest BCUT2D eigenvalue weighted by molar-refractivity contribution is 7.09. The van der Waals surface area contributed by atoms with Crippen LogP contribution in [-0.4, -0.2) is 72.9 Å². The standard InChI is InChI=1S/C16H25N3O2S/c1-2-16(12-19(13-16)10-15-17-3-8-22-15)21-11-14(1)9-18-4-6-20-7-5-18/h3,8,14H,1-2,4-7,9-13H2/t14-/m1/s1. The number of morpholine rings is 1. The highest BCUT2D eigenvalue weighted by atomic mass is 32.1. The van der Waals surface area contributed by atoms with Gasteiger partial charge in [-0.2, -0.15) is 0 Å². The molecule has 6 heteroatoms. The molecule has 0 radical (unpaired) electrons. The number of ether oxygens (including phenoxy) is 2. The Labute approximate surface area is 136 Å². The number of nitrogens with zero attached hydrogens (tertiary/aromatic N) is 3. The van der Waals surface area contributed by atoms with Gasteiger partial charge in [0.15, 0.2) is 0 Å². The van der Waals surface area contributed by atoms with Gasteiger partial charge in [0.2, 0.25) is 0 Å². The molecular weight excluding hydrogens is 298 g/mol. The van der Waals surface area contributed by atoms with Gasteiger partial charge in [-0.25, -0.2) is 4.98 Å². The molecule has 0 aromatic carbocycles. The van der Waals surface area contributed by atoms with Crippen molar-refractivity contribution in [1.82, 2.24) is 14.8 Å². The maximum absolute atomic E-state index is 6.29. The summed E-state index contributed by atoms with van der Waals surface area (Å²) in [5.41, 5.74) is 0.152. The van der Waals surface area contributed by atoms with Crippen LogP contribution in [0.5, 0.6) is 0 Å². The lowest BCUT2D eigenvalue weighted by Crippen LogP contribution is -2.64. The molecule has 0 bridgehead atoms. The van der Waals surface area contributed by atoms with E-state index in [9.17, 15) is 0 Å². The van der Waals surface area contributed by atoms with Crippen LogP contribution in [0.15, 0.2) is 11.6 Å². The maximum Gasteiger partial charge on any atom is 0.107 e. The van der Waals surface area contributed by atoms with Gasteiger partial charge in [0.1, 0.15) is 5.01 Å². The molecule has 5 nitrogen and oxygen atoms in total. The molecule has 4 heterocycles. The van der Waals surface area contributed by atoms with E-state index in [-0.39, 0.29) is 5.60 Å². The van der Waals surface area contributed by atoms with E-state index in [2.05, 4.69) is 20.2 Å². The summed E-state index contributed by atoms with van der Waals surface area (Å²) < 4.78 is 11.7. The molecule has 1 aromatic heterocycles. The van der Waals surface area contributed by atoms with Gasteiger partial charge >= 0.3 is 0 Å². The third-order valence-electron chi connectivity index (χ3n) is 5.12. The average molecular weight is 323 g/mol. The molecular formula is C16H25N3O2S. The van der Waals surface area contributed by atoms with Crippen molar-refractivity contribution < 1.29 is 9.47 Å². The number of rotatable bonds is 4. The van der Waals surface area contributed by atoms with Gasteiger partial charge in [0, 0.05) is 44.3 Å². The van der Waals surface area contributed by atoms with Crippen molar-refractivity contribution in [3.63, 3.8) is 0 Å². The Hall–Kier alpha value is -0.530. The minimum absolute atomic E-state index is 0.152. The summed E-state index contributed by atoms with van der Waals surface area (Å²) >= 11 is 1.75. The molecule has 1 spiro atoms. The van der Waals surface area contributed by atoms with Gasteiger partial charge in [-0.1, -0.05) is 0 Å². The first kappa shape index (κ1) is 15.0. The summed E-state index contributed by atoms with van der Waals surface area (Å²) in [4.78, 5) is 9.36. The van der Waals surface area contributed by atoms with Crippen LogP contribution in [0.2, 0.25) is 0 Å². The number of likely N-dealkylation sites (tertiary alicyclic amines) is 1. The third kappa shape index (κ3) is 3.36. The molecule has 122 valence electrons. The van der Waals surface area contributed by atoms with Crippen LogP contribution < -0.4 is 0 Å². The molecule has 3 aliphatic heterocycles. The molecule has 3 fully saturated rings. The van der Waals surface area contributed by atoms with E-state index in [0.29, 0.717) is 5.92 Å². The quantitative estimate of drug-likeness (QED) is 0.839. The molecule has 3 saturated heterocycles. The Morgan fingerprint density at radius 3 is 2.82 bits per heavy atom.